The van der Waals surface area contributed by atoms with Crippen molar-refractivity contribution in [2.24, 2.45) is 0 Å². The molecule has 136 valence electrons. The van der Waals surface area contributed by atoms with Crippen LogP contribution in [0.4, 0.5) is 0 Å². The molecule has 2 aliphatic heterocycles. The van der Waals surface area contributed by atoms with Crippen LogP contribution in [-0.4, -0.2) is 60.8 Å². The van der Waals surface area contributed by atoms with Crippen molar-refractivity contribution in [1.82, 2.24) is 10.2 Å². The fourth-order valence-electron chi connectivity index (χ4n) is 3.92. The van der Waals surface area contributed by atoms with Gasteiger partial charge >= 0.3 is 5.97 Å². The highest BCUT2D eigenvalue weighted by Gasteiger charge is 2.36. The van der Waals surface area contributed by atoms with Crippen molar-refractivity contribution in [3.63, 3.8) is 0 Å². The van der Waals surface area contributed by atoms with E-state index in [1.165, 1.54) is 5.56 Å². The molecule has 2 N–H and O–H groups in total. The van der Waals surface area contributed by atoms with E-state index in [-0.39, 0.29) is 17.9 Å². The van der Waals surface area contributed by atoms with Crippen LogP contribution in [0.25, 0.3) is 0 Å². The van der Waals surface area contributed by atoms with E-state index in [1.807, 2.05) is 18.2 Å². The molecule has 25 heavy (non-hydrogen) atoms. The molecule has 1 aromatic carbocycles. The Hall–Kier alpha value is -1.92. The Balaban J connectivity index is 1.61. The molecule has 1 atom stereocenters. The Morgan fingerprint density at radius 2 is 1.96 bits per heavy atom. The Morgan fingerprint density at radius 3 is 2.64 bits per heavy atom. The number of ether oxygens (including phenoxy) is 1. The van der Waals surface area contributed by atoms with Gasteiger partial charge in [0.2, 0.25) is 5.91 Å². The number of carboxylic acid groups (broad SMARTS) is 1. The van der Waals surface area contributed by atoms with Gasteiger partial charge in [-0.15, -0.1) is 0 Å². The first-order valence-corrected chi connectivity index (χ1v) is 8.98. The van der Waals surface area contributed by atoms with Gasteiger partial charge < -0.3 is 15.2 Å². The SMILES string of the molecule is O=C(CN1CCC[C@H]1C(=O)O)NCC1(c2ccccc2)CCOCC1. The Morgan fingerprint density at radius 1 is 1.24 bits per heavy atom. The van der Waals surface area contributed by atoms with Crippen molar-refractivity contribution in [3.8, 4) is 0 Å². The third kappa shape index (κ3) is 4.19. The smallest absolute Gasteiger partial charge is 0.320 e. The highest BCUT2D eigenvalue weighted by Crippen LogP contribution is 2.34. The van der Waals surface area contributed by atoms with Crippen molar-refractivity contribution in [2.75, 3.05) is 32.8 Å². The van der Waals surface area contributed by atoms with Crippen LogP contribution in [0.15, 0.2) is 30.3 Å². The number of amides is 1. The van der Waals surface area contributed by atoms with Crippen molar-refractivity contribution in [3.05, 3.63) is 35.9 Å². The minimum Gasteiger partial charge on any atom is -0.480 e. The quantitative estimate of drug-likeness (QED) is 0.814. The molecule has 6 heteroatoms. The summed E-state index contributed by atoms with van der Waals surface area (Å²) in [5.41, 5.74) is 1.12. The molecule has 0 radical (unpaired) electrons. The predicted octanol–water partition coefficient (Wildman–Crippen LogP) is 1.40. The lowest BCUT2D eigenvalue weighted by Gasteiger charge is -2.38. The molecule has 0 bridgehead atoms. The van der Waals surface area contributed by atoms with Gasteiger partial charge in [0, 0.05) is 25.2 Å². The number of aliphatic carboxylic acids is 1. The predicted molar refractivity (Wildman–Crippen MR) is 93.4 cm³/mol. The second-order valence-electron chi connectivity index (χ2n) is 7.00. The number of nitrogens with zero attached hydrogens (tertiary/aromatic N) is 1. The van der Waals surface area contributed by atoms with Crippen molar-refractivity contribution in [2.45, 2.75) is 37.1 Å². The lowest BCUT2D eigenvalue weighted by molar-refractivity contribution is -0.142. The summed E-state index contributed by atoms with van der Waals surface area (Å²) in [5, 5.41) is 12.3. The van der Waals surface area contributed by atoms with Gasteiger partial charge in [0.15, 0.2) is 0 Å². The normalized spacial score (nSPS) is 23.3. The standard InChI is InChI=1S/C19H26N2O4/c22-17(13-21-10-4-7-16(21)18(23)24)20-14-19(8-11-25-12-9-19)15-5-2-1-3-6-15/h1-3,5-6,16H,4,7-14H2,(H,20,22)(H,23,24)/t16-/m0/s1. The summed E-state index contributed by atoms with van der Waals surface area (Å²) < 4.78 is 5.51. The van der Waals surface area contributed by atoms with Crippen LogP contribution in [0.2, 0.25) is 0 Å². The molecule has 2 fully saturated rings. The van der Waals surface area contributed by atoms with Gasteiger partial charge in [0.1, 0.15) is 6.04 Å². The summed E-state index contributed by atoms with van der Waals surface area (Å²) in [7, 11) is 0. The van der Waals surface area contributed by atoms with Crippen LogP contribution < -0.4 is 5.32 Å². The van der Waals surface area contributed by atoms with Gasteiger partial charge in [-0.05, 0) is 37.8 Å². The second-order valence-corrected chi connectivity index (χ2v) is 7.00. The lowest BCUT2D eigenvalue weighted by atomic mass is 9.74. The lowest BCUT2D eigenvalue weighted by Crippen LogP contribution is -2.48. The third-order valence-corrected chi connectivity index (χ3v) is 5.46. The number of likely N-dealkylation sites (tertiary alicyclic amines) is 1. The summed E-state index contributed by atoms with van der Waals surface area (Å²) in [4.78, 5) is 25.4. The highest BCUT2D eigenvalue weighted by molar-refractivity contribution is 5.80. The fourth-order valence-corrected chi connectivity index (χ4v) is 3.92. The summed E-state index contributed by atoms with van der Waals surface area (Å²) in [6.07, 6.45) is 3.20. The van der Waals surface area contributed by atoms with E-state index in [2.05, 4.69) is 17.4 Å². The second kappa shape index (κ2) is 7.97. The van der Waals surface area contributed by atoms with Crippen LogP contribution in [0, 0.1) is 0 Å². The van der Waals surface area contributed by atoms with Crippen molar-refractivity contribution >= 4 is 11.9 Å². The van der Waals surface area contributed by atoms with Crippen LogP contribution in [0.1, 0.15) is 31.2 Å². The molecule has 0 aromatic heterocycles. The van der Waals surface area contributed by atoms with Crippen molar-refractivity contribution in [1.29, 1.82) is 0 Å². The molecule has 2 heterocycles. The number of carboxylic acids is 1. The molecule has 2 saturated heterocycles. The van der Waals surface area contributed by atoms with E-state index >= 15 is 0 Å². The van der Waals surface area contributed by atoms with Gasteiger partial charge in [-0.3, -0.25) is 14.5 Å². The van der Waals surface area contributed by atoms with Crippen LogP contribution in [0.5, 0.6) is 0 Å². The molecule has 1 aromatic rings. The first-order chi connectivity index (χ1) is 12.1. The number of nitrogens with one attached hydrogen (secondary N) is 1. The summed E-state index contributed by atoms with van der Waals surface area (Å²) >= 11 is 0. The fraction of sp³-hybridized carbons (Fsp3) is 0.579. The van der Waals surface area contributed by atoms with Gasteiger partial charge in [0.05, 0.1) is 6.54 Å². The number of carbonyl (C=O) groups excluding carboxylic acids is 1. The van der Waals surface area contributed by atoms with Gasteiger partial charge in [-0.25, -0.2) is 0 Å². The average Bonchev–Trinajstić information content (AvgIpc) is 3.10. The van der Waals surface area contributed by atoms with Crippen molar-refractivity contribution < 1.29 is 19.4 Å². The maximum Gasteiger partial charge on any atom is 0.320 e. The number of hydrogen-bond acceptors (Lipinski definition) is 4. The topological polar surface area (TPSA) is 78.9 Å². The van der Waals surface area contributed by atoms with E-state index in [0.717, 1.165) is 19.3 Å². The number of rotatable bonds is 6. The largest absolute Gasteiger partial charge is 0.480 e. The van der Waals surface area contributed by atoms with Gasteiger partial charge in [-0.2, -0.15) is 0 Å². The Labute approximate surface area is 148 Å². The van der Waals surface area contributed by atoms with E-state index in [4.69, 9.17) is 4.74 Å². The van der Waals surface area contributed by atoms with Crippen LogP contribution in [-0.2, 0) is 19.7 Å². The minimum atomic E-state index is -0.838. The monoisotopic (exact) mass is 346 g/mol. The zero-order valence-corrected chi connectivity index (χ0v) is 14.4. The molecule has 3 rings (SSSR count). The first kappa shape index (κ1) is 17.9. The Bertz CT molecular complexity index is 599. The molecular weight excluding hydrogens is 320 g/mol. The first-order valence-electron chi connectivity index (χ1n) is 8.98. The van der Waals surface area contributed by atoms with E-state index < -0.39 is 12.0 Å². The van der Waals surface area contributed by atoms with E-state index in [1.54, 1.807) is 4.90 Å². The molecule has 0 saturated carbocycles. The van der Waals surface area contributed by atoms with Crippen LogP contribution in [0.3, 0.4) is 0 Å². The van der Waals surface area contributed by atoms with E-state index in [0.29, 0.717) is 32.7 Å². The minimum absolute atomic E-state index is 0.102. The number of carbonyl (C=O) groups is 2. The molecule has 0 spiro atoms. The molecule has 0 unspecified atom stereocenters. The average molecular weight is 346 g/mol. The molecule has 0 aliphatic carbocycles. The third-order valence-electron chi connectivity index (χ3n) is 5.46. The molecule has 6 nitrogen and oxygen atoms in total. The Kier molecular flexibility index (Phi) is 5.71. The van der Waals surface area contributed by atoms with Crippen LogP contribution >= 0.6 is 0 Å². The maximum atomic E-state index is 12.4. The zero-order chi connectivity index (χ0) is 17.7. The molecule has 1 amide bonds. The highest BCUT2D eigenvalue weighted by atomic mass is 16.5. The number of benzene rings is 1. The van der Waals surface area contributed by atoms with Gasteiger partial charge in [-0.1, -0.05) is 30.3 Å². The zero-order valence-electron chi connectivity index (χ0n) is 14.4. The summed E-state index contributed by atoms with van der Waals surface area (Å²) in [6.45, 7) is 2.77. The number of hydrogen-bond donors (Lipinski definition) is 2. The van der Waals surface area contributed by atoms with E-state index in [9.17, 15) is 14.7 Å². The maximum absolute atomic E-state index is 12.4. The molecular formula is C19H26N2O4. The summed E-state index contributed by atoms with van der Waals surface area (Å²) in [5.74, 6) is -0.939. The van der Waals surface area contributed by atoms with Gasteiger partial charge in [0.25, 0.3) is 0 Å². The molecule has 2 aliphatic rings. The summed E-state index contributed by atoms with van der Waals surface area (Å²) in [6, 6.07) is 9.73.